The Morgan fingerprint density at radius 1 is 0.840 bits per heavy atom. The number of carbonyl (C=O) groups excluding carboxylic acids is 2. The third kappa shape index (κ3) is 7.16. The Morgan fingerprint density at radius 3 is 2.12 bits per heavy atom. The fourth-order valence-corrected chi connectivity index (χ4v) is 2.83. The van der Waals surface area contributed by atoms with E-state index in [2.05, 4.69) is 10.6 Å². The molecule has 2 aromatic rings. The molecule has 4 nitrogen and oxygen atoms in total. The molecule has 0 aromatic heterocycles. The highest BCUT2D eigenvalue weighted by Crippen LogP contribution is 2.20. The molecular weight excluding hydrogens is 359 g/mol. The zero-order chi connectivity index (χ0) is 18.1. The van der Waals surface area contributed by atoms with Gasteiger partial charge in [-0.25, -0.2) is 0 Å². The van der Waals surface area contributed by atoms with Gasteiger partial charge in [-0.1, -0.05) is 59.6 Å². The summed E-state index contributed by atoms with van der Waals surface area (Å²) >= 11 is 11.9. The molecule has 0 fully saturated rings. The minimum Gasteiger partial charge on any atom is -0.355 e. The zero-order valence-electron chi connectivity index (χ0n) is 13.7. The highest BCUT2D eigenvalue weighted by Gasteiger charge is 2.09. The minimum absolute atomic E-state index is 0.177. The SMILES string of the molecule is O=C(CC(=O)NCCc1ccc(Cl)cc1Cl)NCCc1ccccc1. The summed E-state index contributed by atoms with van der Waals surface area (Å²) in [6.07, 6.45) is 1.14. The second-order valence-electron chi connectivity index (χ2n) is 5.60. The van der Waals surface area contributed by atoms with Crippen molar-refractivity contribution in [2.75, 3.05) is 13.1 Å². The van der Waals surface area contributed by atoms with E-state index in [0.717, 1.165) is 17.5 Å². The molecule has 2 amide bonds. The Labute approximate surface area is 157 Å². The second-order valence-corrected chi connectivity index (χ2v) is 6.44. The molecule has 0 aliphatic carbocycles. The van der Waals surface area contributed by atoms with Crippen LogP contribution in [-0.2, 0) is 22.4 Å². The number of hydrogen-bond donors (Lipinski definition) is 2. The monoisotopic (exact) mass is 378 g/mol. The molecule has 6 heteroatoms. The molecule has 0 aliphatic rings. The lowest BCUT2D eigenvalue weighted by atomic mass is 10.1. The lowest BCUT2D eigenvalue weighted by Gasteiger charge is -2.08. The van der Waals surface area contributed by atoms with Crippen LogP contribution in [0.1, 0.15) is 17.5 Å². The molecule has 0 heterocycles. The highest BCUT2D eigenvalue weighted by molar-refractivity contribution is 6.35. The molecule has 132 valence electrons. The van der Waals surface area contributed by atoms with Crippen LogP contribution in [0.25, 0.3) is 0 Å². The largest absolute Gasteiger partial charge is 0.355 e. The summed E-state index contributed by atoms with van der Waals surface area (Å²) in [4.78, 5) is 23.6. The van der Waals surface area contributed by atoms with Crippen molar-refractivity contribution < 1.29 is 9.59 Å². The Hall–Kier alpha value is -2.04. The molecule has 2 N–H and O–H groups in total. The summed E-state index contributed by atoms with van der Waals surface area (Å²) in [6.45, 7) is 0.925. The maximum Gasteiger partial charge on any atom is 0.229 e. The number of nitrogens with one attached hydrogen (secondary N) is 2. The number of benzene rings is 2. The van der Waals surface area contributed by atoms with Crippen molar-refractivity contribution in [2.24, 2.45) is 0 Å². The third-order valence-electron chi connectivity index (χ3n) is 3.63. The van der Waals surface area contributed by atoms with Gasteiger partial charge in [0.2, 0.25) is 11.8 Å². The predicted octanol–water partition coefficient (Wildman–Crippen LogP) is 3.40. The van der Waals surface area contributed by atoms with Gasteiger partial charge in [0.25, 0.3) is 0 Å². The van der Waals surface area contributed by atoms with Crippen molar-refractivity contribution in [1.82, 2.24) is 10.6 Å². The quantitative estimate of drug-likeness (QED) is 0.691. The lowest BCUT2D eigenvalue weighted by molar-refractivity contribution is -0.129. The molecule has 0 saturated heterocycles. The summed E-state index contributed by atoms with van der Waals surface area (Å²) in [5.41, 5.74) is 2.05. The molecule has 0 bridgehead atoms. The van der Waals surface area contributed by atoms with Crippen molar-refractivity contribution >= 4 is 35.0 Å². The van der Waals surface area contributed by atoms with Crippen molar-refractivity contribution in [3.63, 3.8) is 0 Å². The third-order valence-corrected chi connectivity index (χ3v) is 4.22. The summed E-state index contributed by atoms with van der Waals surface area (Å²) in [6, 6.07) is 15.1. The van der Waals surface area contributed by atoms with Gasteiger partial charge in [-0.15, -0.1) is 0 Å². The zero-order valence-corrected chi connectivity index (χ0v) is 15.2. The smallest absolute Gasteiger partial charge is 0.229 e. The van der Waals surface area contributed by atoms with E-state index in [9.17, 15) is 9.59 Å². The lowest BCUT2D eigenvalue weighted by Crippen LogP contribution is -2.33. The maximum atomic E-state index is 11.8. The van der Waals surface area contributed by atoms with Crippen LogP contribution in [0.3, 0.4) is 0 Å². The van der Waals surface area contributed by atoms with Crippen molar-refractivity contribution in [1.29, 1.82) is 0 Å². The van der Waals surface area contributed by atoms with E-state index >= 15 is 0 Å². The normalized spacial score (nSPS) is 10.3. The van der Waals surface area contributed by atoms with Crippen LogP contribution in [0.4, 0.5) is 0 Å². The van der Waals surface area contributed by atoms with Crippen molar-refractivity contribution in [3.05, 3.63) is 69.7 Å². The number of rotatable bonds is 8. The van der Waals surface area contributed by atoms with E-state index in [1.165, 1.54) is 0 Å². The fourth-order valence-electron chi connectivity index (χ4n) is 2.32. The van der Waals surface area contributed by atoms with Gasteiger partial charge in [0.15, 0.2) is 0 Å². The number of carbonyl (C=O) groups is 2. The van der Waals surface area contributed by atoms with Crippen LogP contribution in [0.2, 0.25) is 10.0 Å². The topological polar surface area (TPSA) is 58.2 Å². The molecule has 25 heavy (non-hydrogen) atoms. The molecule has 0 aliphatic heterocycles. The van der Waals surface area contributed by atoms with Gasteiger partial charge in [0.05, 0.1) is 0 Å². The summed E-state index contributed by atoms with van der Waals surface area (Å²) in [7, 11) is 0. The van der Waals surface area contributed by atoms with Crippen LogP contribution < -0.4 is 10.6 Å². The molecule has 2 rings (SSSR count). The molecule has 0 spiro atoms. The van der Waals surface area contributed by atoms with E-state index in [1.54, 1.807) is 12.1 Å². The molecule has 2 aromatic carbocycles. The first-order chi connectivity index (χ1) is 12.0. The first kappa shape index (κ1) is 19.3. The molecule has 0 radical (unpaired) electrons. The minimum atomic E-state index is -0.303. The molecule has 0 atom stereocenters. The van der Waals surface area contributed by atoms with Crippen LogP contribution in [0, 0.1) is 0 Å². The van der Waals surface area contributed by atoms with Crippen LogP contribution in [0.15, 0.2) is 48.5 Å². The first-order valence-corrected chi connectivity index (χ1v) is 8.81. The van der Waals surface area contributed by atoms with Crippen LogP contribution in [-0.4, -0.2) is 24.9 Å². The van der Waals surface area contributed by atoms with Gasteiger partial charge in [-0.3, -0.25) is 9.59 Å². The Balaban J connectivity index is 1.63. The standard InChI is InChI=1S/C19H20Cl2N2O2/c20-16-7-6-15(17(21)12-16)9-11-23-19(25)13-18(24)22-10-8-14-4-2-1-3-5-14/h1-7,12H,8-11,13H2,(H,22,24)(H,23,25). The van der Waals surface area contributed by atoms with Crippen molar-refractivity contribution in [2.45, 2.75) is 19.3 Å². The summed E-state index contributed by atoms with van der Waals surface area (Å²) < 4.78 is 0. The fraction of sp³-hybridized carbons (Fsp3) is 0.263. The van der Waals surface area contributed by atoms with Crippen molar-refractivity contribution in [3.8, 4) is 0 Å². The van der Waals surface area contributed by atoms with Gasteiger partial charge in [0.1, 0.15) is 6.42 Å². The second kappa shape index (κ2) is 10.1. The first-order valence-electron chi connectivity index (χ1n) is 8.06. The summed E-state index contributed by atoms with van der Waals surface area (Å²) in [5, 5.41) is 6.61. The average Bonchev–Trinajstić information content (AvgIpc) is 2.58. The van der Waals surface area contributed by atoms with E-state index in [4.69, 9.17) is 23.2 Å². The predicted molar refractivity (Wildman–Crippen MR) is 101 cm³/mol. The highest BCUT2D eigenvalue weighted by atomic mass is 35.5. The van der Waals surface area contributed by atoms with E-state index < -0.39 is 0 Å². The van der Waals surface area contributed by atoms with Crippen LogP contribution >= 0.6 is 23.2 Å². The van der Waals surface area contributed by atoms with E-state index in [1.807, 2.05) is 36.4 Å². The van der Waals surface area contributed by atoms with Gasteiger partial charge >= 0.3 is 0 Å². The van der Waals surface area contributed by atoms with Gasteiger partial charge < -0.3 is 10.6 Å². The maximum absolute atomic E-state index is 11.8. The van der Waals surface area contributed by atoms with Crippen LogP contribution in [0.5, 0.6) is 0 Å². The molecule has 0 unspecified atom stereocenters. The number of halogens is 2. The summed E-state index contributed by atoms with van der Waals surface area (Å²) in [5.74, 6) is -0.583. The van der Waals surface area contributed by atoms with E-state index in [-0.39, 0.29) is 18.2 Å². The molecule has 0 saturated carbocycles. The number of hydrogen-bond acceptors (Lipinski definition) is 2. The molecular formula is C19H20Cl2N2O2. The Bertz CT molecular complexity index is 721. The van der Waals surface area contributed by atoms with Gasteiger partial charge in [-0.2, -0.15) is 0 Å². The Kier molecular flexibility index (Phi) is 7.76. The average molecular weight is 379 g/mol. The van der Waals surface area contributed by atoms with Gasteiger partial charge in [-0.05, 0) is 36.1 Å². The van der Waals surface area contributed by atoms with E-state index in [0.29, 0.717) is 29.6 Å². The number of amides is 2. The Morgan fingerprint density at radius 2 is 1.48 bits per heavy atom. The van der Waals surface area contributed by atoms with Gasteiger partial charge in [0, 0.05) is 23.1 Å².